The average molecular weight is 207 g/mol. The van der Waals surface area contributed by atoms with Gasteiger partial charge in [-0.3, -0.25) is 9.59 Å². The first-order valence-corrected chi connectivity index (χ1v) is 5.04. The van der Waals surface area contributed by atoms with Crippen LogP contribution in [0.15, 0.2) is 23.0 Å². The Morgan fingerprint density at radius 3 is 2.79 bits per heavy atom. The molecule has 1 aromatic heterocycles. The molecule has 0 bridgehead atoms. The summed E-state index contributed by atoms with van der Waals surface area (Å²) >= 11 is 1.10. The number of benzene rings is 1. The van der Waals surface area contributed by atoms with Crippen molar-refractivity contribution in [3.8, 4) is 0 Å². The van der Waals surface area contributed by atoms with Gasteiger partial charge in [-0.2, -0.15) is 0 Å². The largest absolute Gasteiger partial charge is 0.314 e. The molecule has 0 atom stereocenters. The molecule has 0 radical (unpaired) electrons. The molecule has 1 aromatic carbocycles. The monoisotopic (exact) mass is 207 g/mol. The smallest absolute Gasteiger partial charge is 0.274 e. The number of carbonyl (C=O) groups is 1. The van der Waals surface area contributed by atoms with Crippen LogP contribution in [0, 0.1) is 6.92 Å². The van der Waals surface area contributed by atoms with Crippen LogP contribution in [0.25, 0.3) is 10.2 Å². The maximum atomic E-state index is 11.5. The quantitative estimate of drug-likeness (QED) is 0.663. The normalized spacial score (nSPS) is 10.7. The summed E-state index contributed by atoms with van der Waals surface area (Å²) in [5.41, 5.74) is 1.76. The van der Waals surface area contributed by atoms with Crippen molar-refractivity contribution in [2.75, 3.05) is 0 Å². The molecule has 72 valence electrons. The highest BCUT2D eigenvalue weighted by Crippen LogP contribution is 2.18. The van der Waals surface area contributed by atoms with Crippen LogP contribution in [-0.4, -0.2) is 10.5 Å². The first-order chi connectivity index (χ1) is 6.59. The lowest BCUT2D eigenvalue weighted by molar-refractivity contribution is 0.0939. The van der Waals surface area contributed by atoms with Crippen molar-refractivity contribution < 1.29 is 4.79 Å². The van der Waals surface area contributed by atoms with Gasteiger partial charge in [-0.25, -0.2) is 4.57 Å². The lowest BCUT2D eigenvalue weighted by Gasteiger charge is -1.97. The topological polar surface area (TPSA) is 39.1 Å². The summed E-state index contributed by atoms with van der Waals surface area (Å²) in [6.07, 6.45) is 0. The van der Waals surface area contributed by atoms with Crippen molar-refractivity contribution in [3.05, 3.63) is 33.4 Å². The number of carbonyl (C=O) groups excluding carboxylic acids is 1. The Kier molecular flexibility index (Phi) is 2.00. The predicted molar refractivity (Wildman–Crippen MR) is 57.1 cm³/mol. The van der Waals surface area contributed by atoms with Gasteiger partial charge in [0.15, 0.2) is 0 Å². The van der Waals surface area contributed by atoms with Gasteiger partial charge >= 0.3 is 4.87 Å². The molecule has 0 N–H and O–H groups in total. The molecular weight excluding hydrogens is 198 g/mol. The molecule has 2 rings (SSSR count). The van der Waals surface area contributed by atoms with Gasteiger partial charge in [0.25, 0.3) is 0 Å². The number of hydrogen-bond donors (Lipinski definition) is 0. The minimum Gasteiger partial charge on any atom is -0.274 e. The third-order valence-corrected chi connectivity index (χ3v) is 2.97. The van der Waals surface area contributed by atoms with Gasteiger partial charge in [0.2, 0.25) is 5.91 Å². The van der Waals surface area contributed by atoms with E-state index in [9.17, 15) is 9.59 Å². The second kappa shape index (κ2) is 3.06. The van der Waals surface area contributed by atoms with Gasteiger partial charge in [0.1, 0.15) is 0 Å². The molecular formula is C10H9NO2S. The molecule has 0 amide bonds. The van der Waals surface area contributed by atoms with E-state index in [4.69, 9.17) is 0 Å². The fraction of sp³-hybridized carbons (Fsp3) is 0.200. The van der Waals surface area contributed by atoms with E-state index < -0.39 is 0 Å². The number of hydrogen-bond acceptors (Lipinski definition) is 3. The number of nitrogens with zero attached hydrogens (tertiary/aromatic N) is 1. The van der Waals surface area contributed by atoms with Crippen molar-refractivity contribution in [2.24, 2.45) is 0 Å². The van der Waals surface area contributed by atoms with Crippen LogP contribution < -0.4 is 4.87 Å². The summed E-state index contributed by atoms with van der Waals surface area (Å²) in [7, 11) is 0. The molecule has 0 spiro atoms. The number of fused-ring (bicyclic) bond motifs is 1. The Hall–Kier alpha value is -1.42. The highest BCUT2D eigenvalue weighted by Gasteiger charge is 2.10. The van der Waals surface area contributed by atoms with E-state index in [1.165, 1.54) is 11.5 Å². The van der Waals surface area contributed by atoms with Crippen molar-refractivity contribution in [3.63, 3.8) is 0 Å². The van der Waals surface area contributed by atoms with Crippen molar-refractivity contribution >= 4 is 27.5 Å². The molecule has 3 nitrogen and oxygen atoms in total. The lowest BCUT2D eigenvalue weighted by atomic mass is 10.2. The van der Waals surface area contributed by atoms with Gasteiger partial charge in [0.05, 0.1) is 10.2 Å². The minimum atomic E-state index is -0.230. The summed E-state index contributed by atoms with van der Waals surface area (Å²) in [4.78, 5) is 22.5. The molecule has 0 aliphatic rings. The standard InChI is InChI=1S/C10H9NO2S/c1-6-3-4-9-8(5-6)11(7(2)12)10(13)14-9/h3-5H,1-2H3. The van der Waals surface area contributed by atoms with Crippen molar-refractivity contribution in [1.29, 1.82) is 0 Å². The van der Waals surface area contributed by atoms with Crippen LogP contribution in [0.3, 0.4) is 0 Å². The van der Waals surface area contributed by atoms with Gasteiger partial charge in [-0.05, 0) is 24.6 Å². The SMILES string of the molecule is CC(=O)n1c(=O)sc2ccc(C)cc21. The van der Waals surface area contributed by atoms with Crippen LogP contribution in [0.1, 0.15) is 17.3 Å². The van der Waals surface area contributed by atoms with Crippen LogP contribution in [0.5, 0.6) is 0 Å². The van der Waals surface area contributed by atoms with Crippen LogP contribution in [0.4, 0.5) is 0 Å². The Balaban J connectivity index is 2.93. The molecule has 0 saturated carbocycles. The maximum Gasteiger partial charge on any atom is 0.314 e. The summed E-state index contributed by atoms with van der Waals surface area (Å²) in [5, 5.41) is 0. The Morgan fingerprint density at radius 1 is 1.43 bits per heavy atom. The summed E-state index contributed by atoms with van der Waals surface area (Å²) in [6.45, 7) is 3.34. The van der Waals surface area contributed by atoms with E-state index in [0.717, 1.165) is 21.6 Å². The van der Waals surface area contributed by atoms with Crippen LogP contribution in [0.2, 0.25) is 0 Å². The average Bonchev–Trinajstić information content (AvgIpc) is 2.40. The van der Waals surface area contributed by atoms with Crippen LogP contribution >= 0.6 is 11.3 Å². The van der Waals surface area contributed by atoms with Gasteiger partial charge < -0.3 is 0 Å². The van der Waals surface area contributed by atoms with Crippen LogP contribution in [-0.2, 0) is 0 Å². The number of aryl methyl sites for hydroxylation is 1. The number of thiazole rings is 1. The minimum absolute atomic E-state index is 0.210. The lowest BCUT2D eigenvalue weighted by Crippen LogP contribution is -2.18. The Labute approximate surface area is 84.6 Å². The zero-order valence-electron chi connectivity index (χ0n) is 7.90. The summed E-state index contributed by atoms with van der Waals surface area (Å²) < 4.78 is 2.07. The van der Waals surface area contributed by atoms with Gasteiger partial charge in [0, 0.05) is 6.92 Å². The molecule has 14 heavy (non-hydrogen) atoms. The number of rotatable bonds is 0. The highest BCUT2D eigenvalue weighted by molar-refractivity contribution is 7.16. The second-order valence-electron chi connectivity index (χ2n) is 3.19. The fourth-order valence-electron chi connectivity index (χ4n) is 1.42. The highest BCUT2D eigenvalue weighted by atomic mass is 32.1. The molecule has 4 heteroatoms. The van der Waals surface area contributed by atoms with E-state index in [0.29, 0.717) is 5.52 Å². The zero-order chi connectivity index (χ0) is 10.3. The molecule has 0 aliphatic heterocycles. The zero-order valence-corrected chi connectivity index (χ0v) is 8.72. The molecule has 0 saturated heterocycles. The van der Waals surface area contributed by atoms with E-state index in [2.05, 4.69) is 0 Å². The second-order valence-corrected chi connectivity index (χ2v) is 4.19. The van der Waals surface area contributed by atoms with Gasteiger partial charge in [-0.15, -0.1) is 0 Å². The molecule has 2 aromatic rings. The first kappa shape index (κ1) is 9.15. The van der Waals surface area contributed by atoms with E-state index in [-0.39, 0.29) is 10.8 Å². The third-order valence-electron chi connectivity index (χ3n) is 2.05. The fourth-order valence-corrected chi connectivity index (χ4v) is 2.32. The first-order valence-electron chi connectivity index (χ1n) is 4.23. The Morgan fingerprint density at radius 2 is 2.14 bits per heavy atom. The third kappa shape index (κ3) is 1.28. The van der Waals surface area contributed by atoms with Crippen molar-refractivity contribution in [1.82, 2.24) is 4.57 Å². The van der Waals surface area contributed by atoms with E-state index in [1.54, 1.807) is 0 Å². The Bertz CT molecular complexity index is 565. The molecule has 0 fully saturated rings. The summed E-state index contributed by atoms with van der Waals surface area (Å²) in [5.74, 6) is -0.230. The number of aromatic nitrogens is 1. The maximum absolute atomic E-state index is 11.5. The van der Waals surface area contributed by atoms with Gasteiger partial charge in [-0.1, -0.05) is 17.4 Å². The molecule has 1 heterocycles. The predicted octanol–water partition coefficient (Wildman–Crippen LogP) is 2.03. The van der Waals surface area contributed by atoms with E-state index in [1.807, 2.05) is 25.1 Å². The molecule has 0 aliphatic carbocycles. The molecule has 0 unspecified atom stereocenters. The van der Waals surface area contributed by atoms with E-state index >= 15 is 0 Å². The van der Waals surface area contributed by atoms with Crippen molar-refractivity contribution in [2.45, 2.75) is 13.8 Å². The summed E-state index contributed by atoms with van der Waals surface area (Å²) in [6, 6.07) is 5.66.